The summed E-state index contributed by atoms with van der Waals surface area (Å²) in [6.45, 7) is 4.48. The second kappa shape index (κ2) is 4.50. The van der Waals surface area contributed by atoms with Crippen molar-refractivity contribution in [1.82, 2.24) is 9.88 Å². The molecule has 82 valence electrons. The number of halogens is 1. The first-order chi connectivity index (χ1) is 7.15. The molecule has 0 spiro atoms. The molecule has 1 aromatic heterocycles. The summed E-state index contributed by atoms with van der Waals surface area (Å²) in [6, 6.07) is 3.97. The van der Waals surface area contributed by atoms with Gasteiger partial charge in [-0.1, -0.05) is 18.5 Å². The molecule has 1 heterocycles. The van der Waals surface area contributed by atoms with Crippen molar-refractivity contribution in [1.29, 1.82) is 0 Å². The zero-order valence-corrected chi connectivity index (χ0v) is 10.0. The molecular weight excluding hydrogens is 208 g/mol. The van der Waals surface area contributed by atoms with Gasteiger partial charge in [0.1, 0.15) is 5.15 Å². The summed E-state index contributed by atoms with van der Waals surface area (Å²) in [7, 11) is 2.17. The quantitative estimate of drug-likeness (QED) is 0.732. The number of hydrogen-bond donors (Lipinski definition) is 0. The lowest BCUT2D eigenvalue weighted by molar-refractivity contribution is 0.307. The van der Waals surface area contributed by atoms with Gasteiger partial charge in [0.2, 0.25) is 0 Å². The Bertz CT molecular complexity index is 340. The minimum absolute atomic E-state index is 0.584. The molecule has 0 aromatic carbocycles. The van der Waals surface area contributed by atoms with Crippen LogP contribution in [0.5, 0.6) is 0 Å². The Balaban J connectivity index is 1.85. The molecule has 0 N–H and O–H groups in total. The van der Waals surface area contributed by atoms with Gasteiger partial charge in [-0.25, -0.2) is 4.98 Å². The number of rotatable bonds is 4. The number of hydrogen-bond acceptors (Lipinski definition) is 2. The average Bonchev–Trinajstić information content (AvgIpc) is 2.81. The first-order valence-corrected chi connectivity index (χ1v) is 5.82. The van der Waals surface area contributed by atoms with E-state index in [1.807, 2.05) is 12.1 Å². The molecule has 0 bridgehead atoms. The SMILES string of the molecule is CC1CC1CN(C)Cc1ccnc(Cl)c1. The van der Waals surface area contributed by atoms with Crippen LogP contribution < -0.4 is 0 Å². The summed E-state index contributed by atoms with van der Waals surface area (Å²) in [5.41, 5.74) is 1.24. The van der Waals surface area contributed by atoms with Crippen LogP contribution in [0.2, 0.25) is 5.15 Å². The van der Waals surface area contributed by atoms with Crippen molar-refractivity contribution >= 4 is 11.6 Å². The van der Waals surface area contributed by atoms with E-state index in [0.717, 1.165) is 18.4 Å². The van der Waals surface area contributed by atoms with Gasteiger partial charge in [0.05, 0.1) is 0 Å². The lowest BCUT2D eigenvalue weighted by Gasteiger charge is -2.16. The zero-order valence-electron chi connectivity index (χ0n) is 9.28. The summed E-state index contributed by atoms with van der Waals surface area (Å²) in [5, 5.41) is 0.584. The molecule has 0 radical (unpaired) electrons. The van der Waals surface area contributed by atoms with E-state index in [2.05, 4.69) is 23.9 Å². The standard InChI is InChI=1S/C12H17ClN2/c1-9-5-11(9)8-15(2)7-10-3-4-14-12(13)6-10/h3-4,6,9,11H,5,7-8H2,1-2H3. The fourth-order valence-corrected chi connectivity index (χ4v) is 2.17. The predicted octanol–water partition coefficient (Wildman–Crippen LogP) is 2.82. The highest BCUT2D eigenvalue weighted by Crippen LogP contribution is 2.38. The summed E-state index contributed by atoms with van der Waals surface area (Å²) >= 11 is 5.84. The molecule has 1 aliphatic carbocycles. The lowest BCUT2D eigenvalue weighted by atomic mass is 10.2. The molecule has 2 rings (SSSR count). The highest BCUT2D eigenvalue weighted by Gasteiger charge is 2.32. The van der Waals surface area contributed by atoms with Gasteiger partial charge in [-0.3, -0.25) is 0 Å². The summed E-state index contributed by atoms with van der Waals surface area (Å²) in [6.07, 6.45) is 3.16. The Hall–Kier alpha value is -0.600. The van der Waals surface area contributed by atoms with Crippen LogP contribution in [0.25, 0.3) is 0 Å². The molecule has 0 saturated heterocycles. The largest absolute Gasteiger partial charge is 0.302 e. The van der Waals surface area contributed by atoms with Gasteiger partial charge in [0.15, 0.2) is 0 Å². The Morgan fingerprint density at radius 3 is 2.93 bits per heavy atom. The van der Waals surface area contributed by atoms with E-state index in [1.54, 1.807) is 6.20 Å². The molecule has 1 aromatic rings. The molecule has 2 nitrogen and oxygen atoms in total. The maximum Gasteiger partial charge on any atom is 0.129 e. The molecule has 1 aliphatic rings. The Labute approximate surface area is 96.3 Å². The molecule has 15 heavy (non-hydrogen) atoms. The van der Waals surface area contributed by atoms with Crippen LogP contribution in [0.4, 0.5) is 0 Å². The second-order valence-electron chi connectivity index (χ2n) is 4.66. The van der Waals surface area contributed by atoms with Crippen molar-refractivity contribution in [3.63, 3.8) is 0 Å². The minimum Gasteiger partial charge on any atom is -0.302 e. The number of pyridine rings is 1. The van der Waals surface area contributed by atoms with Gasteiger partial charge in [-0.05, 0) is 43.0 Å². The van der Waals surface area contributed by atoms with Gasteiger partial charge in [-0.15, -0.1) is 0 Å². The van der Waals surface area contributed by atoms with E-state index < -0.39 is 0 Å². The van der Waals surface area contributed by atoms with Gasteiger partial charge in [0.25, 0.3) is 0 Å². The maximum absolute atomic E-state index is 5.84. The van der Waals surface area contributed by atoms with Crippen molar-refractivity contribution in [2.75, 3.05) is 13.6 Å². The first kappa shape index (κ1) is 10.9. The number of aromatic nitrogens is 1. The molecular formula is C12H17ClN2. The van der Waals surface area contributed by atoms with E-state index in [0.29, 0.717) is 5.15 Å². The van der Waals surface area contributed by atoms with Crippen LogP contribution in [0.1, 0.15) is 18.9 Å². The molecule has 2 unspecified atom stereocenters. The Morgan fingerprint density at radius 1 is 1.60 bits per heavy atom. The fraction of sp³-hybridized carbons (Fsp3) is 0.583. The molecule has 0 aliphatic heterocycles. The van der Waals surface area contributed by atoms with Gasteiger partial charge in [-0.2, -0.15) is 0 Å². The Kier molecular flexibility index (Phi) is 3.27. The molecule has 0 amide bonds. The van der Waals surface area contributed by atoms with Gasteiger partial charge in [0, 0.05) is 19.3 Å². The van der Waals surface area contributed by atoms with E-state index in [4.69, 9.17) is 11.6 Å². The number of nitrogens with zero attached hydrogens (tertiary/aromatic N) is 2. The van der Waals surface area contributed by atoms with Crippen LogP contribution in [0.3, 0.4) is 0 Å². The summed E-state index contributed by atoms with van der Waals surface area (Å²) in [5.74, 6) is 1.83. The van der Waals surface area contributed by atoms with Crippen LogP contribution in [0.15, 0.2) is 18.3 Å². The fourth-order valence-electron chi connectivity index (χ4n) is 1.97. The van der Waals surface area contributed by atoms with Crippen molar-refractivity contribution < 1.29 is 0 Å². The summed E-state index contributed by atoms with van der Waals surface area (Å²) in [4.78, 5) is 6.34. The van der Waals surface area contributed by atoms with E-state index in [1.165, 1.54) is 18.5 Å². The normalized spacial score (nSPS) is 24.5. The summed E-state index contributed by atoms with van der Waals surface area (Å²) < 4.78 is 0. The predicted molar refractivity (Wildman–Crippen MR) is 62.9 cm³/mol. The van der Waals surface area contributed by atoms with Crippen molar-refractivity contribution in [3.8, 4) is 0 Å². The van der Waals surface area contributed by atoms with E-state index >= 15 is 0 Å². The highest BCUT2D eigenvalue weighted by molar-refractivity contribution is 6.29. The minimum atomic E-state index is 0.584. The average molecular weight is 225 g/mol. The van der Waals surface area contributed by atoms with Gasteiger partial charge >= 0.3 is 0 Å². The van der Waals surface area contributed by atoms with Crippen molar-refractivity contribution in [2.24, 2.45) is 11.8 Å². The zero-order chi connectivity index (χ0) is 10.8. The Morgan fingerprint density at radius 2 is 2.33 bits per heavy atom. The van der Waals surface area contributed by atoms with Crippen molar-refractivity contribution in [2.45, 2.75) is 19.9 Å². The molecule has 1 fully saturated rings. The van der Waals surface area contributed by atoms with E-state index in [-0.39, 0.29) is 0 Å². The van der Waals surface area contributed by atoms with Crippen LogP contribution >= 0.6 is 11.6 Å². The van der Waals surface area contributed by atoms with Crippen molar-refractivity contribution in [3.05, 3.63) is 29.0 Å². The lowest BCUT2D eigenvalue weighted by Crippen LogP contribution is -2.20. The third-order valence-corrected chi connectivity index (χ3v) is 3.27. The molecule has 3 heteroatoms. The van der Waals surface area contributed by atoms with Crippen LogP contribution in [-0.4, -0.2) is 23.5 Å². The smallest absolute Gasteiger partial charge is 0.129 e. The third kappa shape index (κ3) is 3.18. The monoisotopic (exact) mass is 224 g/mol. The first-order valence-electron chi connectivity index (χ1n) is 5.44. The van der Waals surface area contributed by atoms with Crippen LogP contribution in [0, 0.1) is 11.8 Å². The molecule has 2 atom stereocenters. The topological polar surface area (TPSA) is 16.1 Å². The second-order valence-corrected chi connectivity index (χ2v) is 5.04. The van der Waals surface area contributed by atoms with E-state index in [9.17, 15) is 0 Å². The van der Waals surface area contributed by atoms with Gasteiger partial charge < -0.3 is 4.90 Å². The molecule has 1 saturated carbocycles. The maximum atomic E-state index is 5.84. The highest BCUT2D eigenvalue weighted by atomic mass is 35.5. The third-order valence-electron chi connectivity index (χ3n) is 3.07. The van der Waals surface area contributed by atoms with Crippen LogP contribution in [-0.2, 0) is 6.54 Å².